The maximum absolute atomic E-state index is 13.3. The van der Waals surface area contributed by atoms with Crippen LogP contribution in [0.5, 0.6) is 0 Å². The molecule has 0 aliphatic heterocycles. The second kappa shape index (κ2) is 6.08. The molecule has 17 heavy (non-hydrogen) atoms. The fourth-order valence-corrected chi connectivity index (χ4v) is 3.67. The summed E-state index contributed by atoms with van der Waals surface area (Å²) in [6.45, 7) is 0. The summed E-state index contributed by atoms with van der Waals surface area (Å²) in [6.07, 6.45) is 0. The van der Waals surface area contributed by atoms with Crippen molar-refractivity contribution in [3.05, 3.63) is 54.4 Å². The first kappa shape index (κ1) is 13.9. The van der Waals surface area contributed by atoms with Gasteiger partial charge in [0.05, 0.1) is 0 Å². The summed E-state index contributed by atoms with van der Waals surface area (Å²) in [7, 11) is 0. The maximum Gasteiger partial charge on any atom is 0.125 e. The molecule has 0 bridgehead atoms. The topological polar surface area (TPSA) is 0 Å². The van der Waals surface area contributed by atoms with E-state index in [4.69, 9.17) is 11.6 Å². The molecule has 0 aromatic heterocycles. The molecule has 0 spiro atoms. The highest BCUT2D eigenvalue weighted by atomic mass is 127. The molecule has 0 nitrogen and oxygen atoms in total. The summed E-state index contributed by atoms with van der Waals surface area (Å²) in [6, 6.07) is 10.6. The summed E-state index contributed by atoms with van der Waals surface area (Å²) in [5.74, 6) is -0.203. The Kier molecular flexibility index (Phi) is 4.96. The third-order valence-electron chi connectivity index (χ3n) is 2.00. The van der Waals surface area contributed by atoms with Crippen LogP contribution in [-0.4, -0.2) is 0 Å². The van der Waals surface area contributed by atoms with Gasteiger partial charge in [0.1, 0.15) is 5.82 Å². The van der Waals surface area contributed by atoms with E-state index in [-0.39, 0.29) is 5.82 Å². The van der Waals surface area contributed by atoms with Crippen LogP contribution in [0.1, 0.15) is 0 Å². The summed E-state index contributed by atoms with van der Waals surface area (Å²) in [5.41, 5.74) is 0. The quantitative estimate of drug-likeness (QED) is 0.377. The monoisotopic (exact) mass is 490 g/mol. The Labute approximate surface area is 136 Å². The van der Waals surface area contributed by atoms with Gasteiger partial charge in [-0.1, -0.05) is 23.4 Å². The molecule has 0 unspecified atom stereocenters. The van der Waals surface area contributed by atoms with E-state index in [1.165, 1.54) is 6.07 Å². The summed E-state index contributed by atoms with van der Waals surface area (Å²) < 4.78 is 15.3. The van der Waals surface area contributed by atoms with E-state index in [1.54, 1.807) is 17.8 Å². The van der Waals surface area contributed by atoms with Crippen molar-refractivity contribution in [2.45, 2.75) is 9.79 Å². The first-order chi connectivity index (χ1) is 8.06. The van der Waals surface area contributed by atoms with Gasteiger partial charge in [0, 0.05) is 22.0 Å². The Bertz CT molecular complexity index is 543. The molecule has 0 saturated carbocycles. The van der Waals surface area contributed by atoms with Gasteiger partial charge in [0.15, 0.2) is 0 Å². The van der Waals surface area contributed by atoms with E-state index in [0.717, 1.165) is 16.9 Å². The van der Waals surface area contributed by atoms with Gasteiger partial charge in [-0.3, -0.25) is 0 Å². The Hall–Kier alpha value is 0.470. The molecule has 88 valence electrons. The van der Waals surface area contributed by atoms with E-state index in [2.05, 4.69) is 45.2 Å². The highest BCUT2D eigenvalue weighted by Gasteiger charge is 2.08. The molecular weight excluding hydrogens is 484 g/mol. The molecule has 0 heterocycles. The molecular formula is C12H6ClFI2S. The maximum atomic E-state index is 13.3. The Morgan fingerprint density at radius 2 is 1.71 bits per heavy atom. The number of rotatable bonds is 2. The number of hydrogen-bond donors (Lipinski definition) is 0. The van der Waals surface area contributed by atoms with E-state index in [1.807, 2.05) is 24.3 Å². The Morgan fingerprint density at radius 3 is 2.35 bits per heavy atom. The van der Waals surface area contributed by atoms with Gasteiger partial charge in [0.25, 0.3) is 0 Å². The van der Waals surface area contributed by atoms with Crippen LogP contribution < -0.4 is 0 Å². The summed E-state index contributed by atoms with van der Waals surface area (Å²) in [4.78, 5) is 1.98. The standard InChI is InChI=1S/C12H6ClFI2S/c13-7-1-3-9(4-2-7)17-11-6-8(14)5-10(15)12(11)16/h1-6H. The van der Waals surface area contributed by atoms with Gasteiger partial charge in [-0.15, -0.1) is 0 Å². The van der Waals surface area contributed by atoms with Gasteiger partial charge in [-0.25, -0.2) is 4.39 Å². The smallest absolute Gasteiger partial charge is 0.125 e. The van der Waals surface area contributed by atoms with Crippen LogP contribution in [0.3, 0.4) is 0 Å². The molecule has 0 amide bonds. The second-order valence-corrected chi connectivity index (χ2v) is 7.05. The highest BCUT2D eigenvalue weighted by Crippen LogP contribution is 2.34. The fraction of sp³-hybridized carbons (Fsp3) is 0. The van der Waals surface area contributed by atoms with Crippen LogP contribution in [0.4, 0.5) is 4.39 Å². The minimum absolute atomic E-state index is 0.203. The molecule has 2 rings (SSSR count). The minimum Gasteiger partial charge on any atom is -0.207 e. The van der Waals surface area contributed by atoms with E-state index in [0.29, 0.717) is 5.02 Å². The molecule has 2 aromatic carbocycles. The molecule has 0 radical (unpaired) electrons. The van der Waals surface area contributed by atoms with Crippen LogP contribution >= 0.6 is 68.5 Å². The lowest BCUT2D eigenvalue weighted by atomic mass is 10.3. The predicted octanol–water partition coefficient (Wildman–Crippen LogP) is 5.84. The normalized spacial score (nSPS) is 10.6. The summed E-state index contributed by atoms with van der Waals surface area (Å²) >= 11 is 11.7. The average Bonchev–Trinajstić information content (AvgIpc) is 2.28. The molecule has 0 aliphatic rings. The molecule has 0 aliphatic carbocycles. The SMILES string of the molecule is Fc1cc(I)c(I)c(Sc2ccc(Cl)cc2)c1. The largest absolute Gasteiger partial charge is 0.207 e. The van der Waals surface area contributed by atoms with Crippen molar-refractivity contribution in [1.82, 2.24) is 0 Å². The van der Waals surface area contributed by atoms with Crippen LogP contribution in [0.25, 0.3) is 0 Å². The molecule has 5 heteroatoms. The third-order valence-corrected chi connectivity index (χ3v) is 6.71. The molecule has 0 fully saturated rings. The van der Waals surface area contributed by atoms with E-state index in [9.17, 15) is 4.39 Å². The van der Waals surface area contributed by atoms with E-state index < -0.39 is 0 Å². The first-order valence-electron chi connectivity index (χ1n) is 4.64. The average molecular weight is 491 g/mol. The molecule has 0 N–H and O–H groups in total. The number of benzene rings is 2. The highest BCUT2D eigenvalue weighted by molar-refractivity contribution is 14.1. The molecule has 0 saturated heterocycles. The fourth-order valence-electron chi connectivity index (χ4n) is 1.24. The second-order valence-electron chi connectivity index (χ2n) is 3.26. The van der Waals surface area contributed by atoms with E-state index >= 15 is 0 Å². The molecule has 2 aromatic rings. The lowest BCUT2D eigenvalue weighted by molar-refractivity contribution is 0.622. The minimum atomic E-state index is -0.203. The Morgan fingerprint density at radius 1 is 1.06 bits per heavy atom. The molecule has 0 atom stereocenters. The van der Waals surface area contributed by atoms with Crippen molar-refractivity contribution in [3.8, 4) is 0 Å². The zero-order valence-electron chi connectivity index (χ0n) is 8.38. The number of halogens is 4. The van der Waals surface area contributed by atoms with Crippen molar-refractivity contribution >= 4 is 68.5 Å². The van der Waals surface area contributed by atoms with Crippen LogP contribution in [0.2, 0.25) is 5.02 Å². The van der Waals surface area contributed by atoms with Crippen LogP contribution in [0, 0.1) is 13.0 Å². The first-order valence-corrected chi connectivity index (χ1v) is 7.99. The number of hydrogen-bond acceptors (Lipinski definition) is 1. The van der Waals surface area contributed by atoms with Gasteiger partial charge >= 0.3 is 0 Å². The summed E-state index contributed by atoms with van der Waals surface area (Å²) in [5, 5.41) is 0.706. The zero-order chi connectivity index (χ0) is 12.4. The lowest BCUT2D eigenvalue weighted by Gasteiger charge is -2.06. The van der Waals surface area contributed by atoms with Gasteiger partial charge in [-0.05, 0) is 81.6 Å². The van der Waals surface area contributed by atoms with Gasteiger partial charge < -0.3 is 0 Å². The van der Waals surface area contributed by atoms with Gasteiger partial charge in [-0.2, -0.15) is 0 Å². The predicted molar refractivity (Wildman–Crippen MR) is 87.4 cm³/mol. The zero-order valence-corrected chi connectivity index (χ0v) is 14.3. The van der Waals surface area contributed by atoms with Crippen molar-refractivity contribution in [3.63, 3.8) is 0 Å². The van der Waals surface area contributed by atoms with Crippen molar-refractivity contribution in [2.75, 3.05) is 0 Å². The van der Waals surface area contributed by atoms with Crippen molar-refractivity contribution in [1.29, 1.82) is 0 Å². The van der Waals surface area contributed by atoms with Crippen LogP contribution in [0.15, 0.2) is 46.2 Å². The lowest BCUT2D eigenvalue weighted by Crippen LogP contribution is -1.87. The van der Waals surface area contributed by atoms with Crippen LogP contribution in [-0.2, 0) is 0 Å². The van der Waals surface area contributed by atoms with Gasteiger partial charge in [0.2, 0.25) is 0 Å². The Balaban J connectivity index is 2.32. The van der Waals surface area contributed by atoms with Crippen molar-refractivity contribution in [2.24, 2.45) is 0 Å². The van der Waals surface area contributed by atoms with Crippen molar-refractivity contribution < 1.29 is 4.39 Å². The third kappa shape index (κ3) is 3.71.